The van der Waals surface area contributed by atoms with Crippen LogP contribution in [0.3, 0.4) is 0 Å². The molecule has 0 saturated carbocycles. The van der Waals surface area contributed by atoms with Crippen molar-refractivity contribution in [3.63, 3.8) is 0 Å². The van der Waals surface area contributed by atoms with Gasteiger partial charge in [0.25, 0.3) is 0 Å². The molecule has 0 aliphatic carbocycles. The molecule has 1 N–H and O–H groups in total. The number of carbonyl (C=O) groups is 1. The van der Waals surface area contributed by atoms with E-state index in [4.69, 9.17) is 4.74 Å². The van der Waals surface area contributed by atoms with Crippen LogP contribution in [0.5, 0.6) is 5.75 Å². The van der Waals surface area contributed by atoms with Crippen LogP contribution in [0.1, 0.15) is 5.56 Å². The van der Waals surface area contributed by atoms with Crippen molar-refractivity contribution < 1.29 is 9.53 Å². The minimum absolute atomic E-state index is 0.0683. The number of nitrogens with one attached hydrogen (secondary N) is 1. The number of aryl methyl sites for hydroxylation is 1. The van der Waals surface area contributed by atoms with Crippen molar-refractivity contribution in [3.8, 4) is 17.0 Å². The van der Waals surface area contributed by atoms with Gasteiger partial charge in [-0.05, 0) is 61.0 Å². The van der Waals surface area contributed by atoms with E-state index in [1.54, 1.807) is 7.11 Å². The van der Waals surface area contributed by atoms with Crippen LogP contribution in [0.25, 0.3) is 11.3 Å². The first-order chi connectivity index (χ1) is 14.6. The summed E-state index contributed by atoms with van der Waals surface area (Å²) in [6, 6.07) is 19.5. The molecule has 2 heterocycles. The van der Waals surface area contributed by atoms with Crippen LogP contribution in [0.4, 0.5) is 16.3 Å². The Morgan fingerprint density at radius 1 is 0.967 bits per heavy atom. The second kappa shape index (κ2) is 8.82. The molecule has 7 nitrogen and oxygen atoms in total. The zero-order valence-electron chi connectivity index (χ0n) is 17.2. The minimum Gasteiger partial charge on any atom is -0.497 e. The van der Waals surface area contributed by atoms with E-state index in [2.05, 4.69) is 20.4 Å². The van der Waals surface area contributed by atoms with Gasteiger partial charge in [-0.1, -0.05) is 12.1 Å². The van der Waals surface area contributed by atoms with Gasteiger partial charge in [-0.15, -0.1) is 10.2 Å². The van der Waals surface area contributed by atoms with Gasteiger partial charge in [0.2, 0.25) is 0 Å². The van der Waals surface area contributed by atoms with Gasteiger partial charge in [0.05, 0.1) is 12.8 Å². The molecule has 0 unspecified atom stereocenters. The number of rotatable bonds is 4. The number of urea groups is 1. The summed E-state index contributed by atoms with van der Waals surface area (Å²) in [5.74, 6) is 1.64. The maximum absolute atomic E-state index is 12.5. The highest BCUT2D eigenvalue weighted by Crippen LogP contribution is 2.22. The summed E-state index contributed by atoms with van der Waals surface area (Å²) in [6.45, 7) is 4.73. The lowest BCUT2D eigenvalue weighted by molar-refractivity contribution is 0.208. The quantitative estimate of drug-likeness (QED) is 0.717. The number of piperazine rings is 1. The van der Waals surface area contributed by atoms with Crippen LogP contribution in [0.2, 0.25) is 0 Å². The number of carbonyl (C=O) groups excluding carboxylic acids is 1. The van der Waals surface area contributed by atoms with Crippen molar-refractivity contribution in [2.45, 2.75) is 6.92 Å². The Hall–Kier alpha value is -3.61. The van der Waals surface area contributed by atoms with Gasteiger partial charge < -0.3 is 19.9 Å². The summed E-state index contributed by atoms with van der Waals surface area (Å²) in [6.07, 6.45) is 0. The summed E-state index contributed by atoms with van der Waals surface area (Å²) in [5.41, 5.74) is 3.75. The van der Waals surface area contributed by atoms with Gasteiger partial charge in [-0.25, -0.2) is 4.79 Å². The molecule has 1 fully saturated rings. The van der Waals surface area contributed by atoms with E-state index in [0.717, 1.165) is 47.2 Å². The predicted molar refractivity (Wildman–Crippen MR) is 118 cm³/mol. The molecule has 154 valence electrons. The normalized spacial score (nSPS) is 13.8. The van der Waals surface area contributed by atoms with Crippen LogP contribution in [-0.2, 0) is 0 Å². The van der Waals surface area contributed by atoms with Crippen molar-refractivity contribution in [1.29, 1.82) is 0 Å². The van der Waals surface area contributed by atoms with Crippen molar-refractivity contribution >= 4 is 17.5 Å². The maximum atomic E-state index is 12.5. The summed E-state index contributed by atoms with van der Waals surface area (Å²) < 4.78 is 5.19. The van der Waals surface area contributed by atoms with Crippen molar-refractivity contribution in [3.05, 3.63) is 66.2 Å². The summed E-state index contributed by atoms with van der Waals surface area (Å²) in [5, 5.41) is 11.7. The van der Waals surface area contributed by atoms with Gasteiger partial charge >= 0.3 is 6.03 Å². The molecule has 0 radical (unpaired) electrons. The van der Waals surface area contributed by atoms with Gasteiger partial charge in [-0.2, -0.15) is 0 Å². The zero-order chi connectivity index (χ0) is 20.9. The van der Waals surface area contributed by atoms with Crippen LogP contribution in [-0.4, -0.2) is 54.4 Å². The molecule has 0 spiro atoms. The van der Waals surface area contributed by atoms with E-state index in [1.165, 1.54) is 0 Å². The van der Waals surface area contributed by atoms with Gasteiger partial charge in [-0.3, -0.25) is 0 Å². The Morgan fingerprint density at radius 2 is 1.73 bits per heavy atom. The Morgan fingerprint density at radius 3 is 2.37 bits per heavy atom. The maximum Gasteiger partial charge on any atom is 0.321 e. The molecule has 4 rings (SSSR count). The van der Waals surface area contributed by atoms with Crippen molar-refractivity contribution in [1.82, 2.24) is 15.1 Å². The fraction of sp³-hybridized carbons (Fsp3) is 0.261. The zero-order valence-corrected chi connectivity index (χ0v) is 17.2. The van der Waals surface area contributed by atoms with Crippen LogP contribution >= 0.6 is 0 Å². The van der Waals surface area contributed by atoms with Gasteiger partial charge in [0.1, 0.15) is 5.75 Å². The largest absolute Gasteiger partial charge is 0.497 e. The van der Waals surface area contributed by atoms with E-state index >= 15 is 0 Å². The Bertz CT molecular complexity index is 997. The third-order valence-corrected chi connectivity index (χ3v) is 5.20. The lowest BCUT2D eigenvalue weighted by atomic mass is 10.1. The van der Waals surface area contributed by atoms with E-state index in [1.807, 2.05) is 72.5 Å². The smallest absolute Gasteiger partial charge is 0.321 e. The second-order valence-corrected chi connectivity index (χ2v) is 7.28. The number of aromatic nitrogens is 2. The number of hydrogen-bond acceptors (Lipinski definition) is 5. The lowest BCUT2D eigenvalue weighted by Crippen LogP contribution is -2.50. The molecule has 3 aromatic rings. The Labute approximate surface area is 176 Å². The number of hydrogen-bond donors (Lipinski definition) is 1. The summed E-state index contributed by atoms with van der Waals surface area (Å²) in [7, 11) is 1.65. The number of ether oxygens (including phenoxy) is 1. The monoisotopic (exact) mass is 403 g/mol. The Kier molecular flexibility index (Phi) is 5.79. The number of amides is 2. The highest BCUT2D eigenvalue weighted by Gasteiger charge is 2.22. The third kappa shape index (κ3) is 4.51. The molecule has 1 aliphatic rings. The van der Waals surface area contributed by atoms with Crippen molar-refractivity contribution in [2.75, 3.05) is 43.5 Å². The van der Waals surface area contributed by atoms with E-state index < -0.39 is 0 Å². The highest BCUT2D eigenvalue weighted by atomic mass is 16.5. The van der Waals surface area contributed by atoms with Crippen molar-refractivity contribution in [2.24, 2.45) is 0 Å². The molecular weight excluding hydrogens is 378 g/mol. The molecule has 1 aromatic heterocycles. The molecule has 2 amide bonds. The predicted octanol–water partition coefficient (Wildman–Crippen LogP) is 3.81. The molecule has 2 aromatic carbocycles. The SMILES string of the molecule is COc1ccc(-c2ccc(N3CCN(C(=O)Nc4cccc(C)c4)CC3)nn2)cc1. The first kappa shape index (κ1) is 19.7. The molecule has 1 saturated heterocycles. The second-order valence-electron chi connectivity index (χ2n) is 7.28. The molecule has 0 bridgehead atoms. The topological polar surface area (TPSA) is 70.6 Å². The van der Waals surface area contributed by atoms with Crippen LogP contribution in [0.15, 0.2) is 60.7 Å². The molecular formula is C23H25N5O2. The molecule has 0 atom stereocenters. The fourth-order valence-electron chi connectivity index (χ4n) is 3.47. The highest BCUT2D eigenvalue weighted by molar-refractivity contribution is 5.89. The standard InChI is InChI=1S/C23H25N5O2/c1-17-4-3-5-19(16-17)24-23(29)28-14-12-27(13-15-28)22-11-10-21(25-26-22)18-6-8-20(30-2)9-7-18/h3-11,16H,12-15H2,1-2H3,(H,24,29). The summed E-state index contributed by atoms with van der Waals surface area (Å²) in [4.78, 5) is 16.5. The van der Waals surface area contributed by atoms with E-state index in [9.17, 15) is 4.79 Å². The van der Waals surface area contributed by atoms with Gasteiger partial charge in [0, 0.05) is 37.4 Å². The number of anilines is 2. The average molecular weight is 403 g/mol. The summed E-state index contributed by atoms with van der Waals surface area (Å²) >= 11 is 0. The number of nitrogens with zero attached hydrogens (tertiary/aromatic N) is 4. The third-order valence-electron chi connectivity index (χ3n) is 5.20. The van der Waals surface area contributed by atoms with Crippen LogP contribution in [0, 0.1) is 6.92 Å². The molecule has 1 aliphatic heterocycles. The average Bonchev–Trinajstić information content (AvgIpc) is 2.79. The molecule has 30 heavy (non-hydrogen) atoms. The van der Waals surface area contributed by atoms with Gasteiger partial charge in [0.15, 0.2) is 5.82 Å². The molecule has 7 heteroatoms. The first-order valence-electron chi connectivity index (χ1n) is 9.98. The number of methoxy groups -OCH3 is 1. The lowest BCUT2D eigenvalue weighted by Gasteiger charge is -2.35. The number of benzene rings is 2. The fourth-order valence-corrected chi connectivity index (χ4v) is 3.47. The first-order valence-corrected chi connectivity index (χ1v) is 9.98. The van der Waals surface area contributed by atoms with E-state index in [0.29, 0.717) is 13.1 Å². The van der Waals surface area contributed by atoms with E-state index in [-0.39, 0.29) is 6.03 Å². The Balaban J connectivity index is 1.34. The minimum atomic E-state index is -0.0683. The van der Waals surface area contributed by atoms with Crippen LogP contribution < -0.4 is 15.0 Å².